The van der Waals surface area contributed by atoms with Crippen LogP contribution in [0.25, 0.3) is 0 Å². The zero-order chi connectivity index (χ0) is 15.9. The number of rotatable bonds is 5. The summed E-state index contributed by atoms with van der Waals surface area (Å²) >= 11 is 11.7. The van der Waals surface area contributed by atoms with Crippen LogP contribution in [-0.4, -0.2) is 35.7 Å². The summed E-state index contributed by atoms with van der Waals surface area (Å²) in [6.07, 6.45) is 3.10. The first-order valence-corrected chi connectivity index (χ1v) is 7.28. The largest absolute Gasteiger partial charge is 0.507 e. The summed E-state index contributed by atoms with van der Waals surface area (Å²) in [5.41, 5.74) is 1.12. The lowest BCUT2D eigenvalue weighted by molar-refractivity contribution is 0.474. The van der Waals surface area contributed by atoms with E-state index in [1.54, 1.807) is 36.7 Å². The predicted octanol–water partition coefficient (Wildman–Crippen LogP) is 3.94. The lowest BCUT2D eigenvalue weighted by Crippen LogP contribution is -1.91. The molecule has 0 saturated carbocycles. The van der Waals surface area contributed by atoms with Gasteiger partial charge in [-0.2, -0.15) is 0 Å². The fourth-order valence-electron chi connectivity index (χ4n) is 1.70. The van der Waals surface area contributed by atoms with E-state index in [1.807, 2.05) is 0 Å². The Balaban J connectivity index is 1.89. The van der Waals surface area contributed by atoms with Gasteiger partial charge in [-0.15, -0.1) is 0 Å². The van der Waals surface area contributed by atoms with E-state index in [0.717, 1.165) is 0 Å². The van der Waals surface area contributed by atoms with E-state index in [-0.39, 0.29) is 11.5 Å². The van der Waals surface area contributed by atoms with Crippen molar-refractivity contribution in [2.75, 3.05) is 13.1 Å². The number of halogens is 2. The number of nitrogens with zero attached hydrogens (tertiary/aromatic N) is 2. The van der Waals surface area contributed by atoms with E-state index in [2.05, 4.69) is 9.98 Å². The second-order valence-electron chi connectivity index (χ2n) is 4.48. The van der Waals surface area contributed by atoms with Crippen LogP contribution in [0.4, 0.5) is 0 Å². The van der Waals surface area contributed by atoms with Gasteiger partial charge in [-0.3, -0.25) is 9.98 Å². The van der Waals surface area contributed by atoms with Crippen LogP contribution in [0.3, 0.4) is 0 Å². The minimum atomic E-state index is 0.125. The number of phenols is 2. The van der Waals surface area contributed by atoms with Gasteiger partial charge < -0.3 is 10.2 Å². The van der Waals surface area contributed by atoms with Gasteiger partial charge in [0.1, 0.15) is 11.5 Å². The molecule has 2 aromatic carbocycles. The van der Waals surface area contributed by atoms with Crippen LogP contribution in [0.5, 0.6) is 11.5 Å². The maximum atomic E-state index is 9.62. The summed E-state index contributed by atoms with van der Waals surface area (Å²) < 4.78 is 0. The van der Waals surface area contributed by atoms with Crippen molar-refractivity contribution in [3.63, 3.8) is 0 Å². The fraction of sp³-hybridized carbons (Fsp3) is 0.125. The zero-order valence-electron chi connectivity index (χ0n) is 11.6. The van der Waals surface area contributed by atoms with Crippen LogP contribution in [0, 0.1) is 0 Å². The van der Waals surface area contributed by atoms with E-state index in [9.17, 15) is 10.2 Å². The lowest BCUT2D eigenvalue weighted by atomic mass is 10.2. The first-order chi connectivity index (χ1) is 10.6. The second kappa shape index (κ2) is 7.82. The molecule has 0 aromatic heterocycles. The van der Waals surface area contributed by atoms with Crippen LogP contribution in [0.2, 0.25) is 10.0 Å². The first-order valence-electron chi connectivity index (χ1n) is 6.53. The van der Waals surface area contributed by atoms with E-state index in [1.165, 1.54) is 12.1 Å². The maximum absolute atomic E-state index is 9.62. The highest BCUT2D eigenvalue weighted by Gasteiger charge is 1.99. The molecule has 0 spiro atoms. The summed E-state index contributed by atoms with van der Waals surface area (Å²) in [6, 6.07) is 9.51. The van der Waals surface area contributed by atoms with Gasteiger partial charge in [0, 0.05) is 33.6 Å². The third-order valence-corrected chi connectivity index (χ3v) is 3.27. The molecular weight excluding hydrogens is 323 g/mol. The Labute approximate surface area is 138 Å². The zero-order valence-corrected chi connectivity index (χ0v) is 13.1. The Morgan fingerprint density at radius 1 is 0.773 bits per heavy atom. The lowest BCUT2D eigenvalue weighted by Gasteiger charge is -1.99. The second-order valence-corrected chi connectivity index (χ2v) is 5.35. The Morgan fingerprint density at radius 3 is 1.59 bits per heavy atom. The van der Waals surface area contributed by atoms with Crippen LogP contribution >= 0.6 is 23.2 Å². The third-order valence-electron chi connectivity index (χ3n) is 2.80. The van der Waals surface area contributed by atoms with Crippen molar-refractivity contribution >= 4 is 35.6 Å². The molecule has 0 aliphatic carbocycles. The van der Waals surface area contributed by atoms with Gasteiger partial charge in [-0.05, 0) is 36.4 Å². The summed E-state index contributed by atoms with van der Waals surface area (Å²) in [5, 5.41) is 20.3. The fourth-order valence-corrected chi connectivity index (χ4v) is 2.06. The number of aromatic hydroxyl groups is 2. The average Bonchev–Trinajstić information content (AvgIpc) is 2.49. The molecule has 2 rings (SSSR count). The number of hydrogen-bond donors (Lipinski definition) is 2. The molecule has 0 radical (unpaired) electrons. The van der Waals surface area contributed by atoms with Crippen molar-refractivity contribution in [3.8, 4) is 11.5 Å². The van der Waals surface area contributed by atoms with Gasteiger partial charge in [0.25, 0.3) is 0 Å². The summed E-state index contributed by atoms with van der Waals surface area (Å²) in [6.45, 7) is 0.896. The van der Waals surface area contributed by atoms with E-state index >= 15 is 0 Å². The summed E-state index contributed by atoms with van der Waals surface area (Å²) in [5.74, 6) is 0.251. The minimum absolute atomic E-state index is 0.125. The molecule has 0 saturated heterocycles. The van der Waals surface area contributed by atoms with Gasteiger partial charge in [-0.25, -0.2) is 0 Å². The maximum Gasteiger partial charge on any atom is 0.124 e. The monoisotopic (exact) mass is 336 g/mol. The Kier molecular flexibility index (Phi) is 5.81. The quantitative estimate of drug-likeness (QED) is 0.641. The molecule has 0 atom stereocenters. The molecule has 0 bridgehead atoms. The smallest absolute Gasteiger partial charge is 0.124 e. The molecule has 0 unspecified atom stereocenters. The van der Waals surface area contributed by atoms with E-state index in [4.69, 9.17) is 23.2 Å². The van der Waals surface area contributed by atoms with Gasteiger partial charge >= 0.3 is 0 Å². The highest BCUT2D eigenvalue weighted by atomic mass is 35.5. The number of aliphatic imine (C=N–C) groups is 2. The number of hydrogen-bond acceptors (Lipinski definition) is 4. The predicted molar refractivity (Wildman–Crippen MR) is 91.2 cm³/mol. The highest BCUT2D eigenvalue weighted by molar-refractivity contribution is 6.31. The molecule has 22 heavy (non-hydrogen) atoms. The standard InChI is InChI=1S/C16H14Cl2N2O2/c17-13-1-3-15(21)11(7-13)9-19-5-6-20-10-12-8-14(18)2-4-16(12)22/h1-4,7-10,21-22H,5-6H2. The van der Waals surface area contributed by atoms with Crippen molar-refractivity contribution in [2.24, 2.45) is 9.98 Å². The summed E-state index contributed by atoms with van der Waals surface area (Å²) in [7, 11) is 0. The van der Waals surface area contributed by atoms with E-state index in [0.29, 0.717) is 34.3 Å². The molecule has 2 N–H and O–H groups in total. The molecule has 0 amide bonds. The molecule has 6 heteroatoms. The Bertz CT molecular complexity index is 654. The molecule has 0 aliphatic heterocycles. The first kappa shape index (κ1) is 16.3. The SMILES string of the molecule is Oc1ccc(Cl)cc1C=NCCN=Cc1cc(Cl)ccc1O. The van der Waals surface area contributed by atoms with E-state index < -0.39 is 0 Å². The molecular formula is C16H14Cl2N2O2. The number of benzene rings is 2. The van der Waals surface area contributed by atoms with Crippen LogP contribution < -0.4 is 0 Å². The molecule has 0 heterocycles. The third kappa shape index (κ3) is 4.76. The minimum Gasteiger partial charge on any atom is -0.507 e. The van der Waals surface area contributed by atoms with Gasteiger partial charge in [-0.1, -0.05) is 23.2 Å². The van der Waals surface area contributed by atoms with Crippen molar-refractivity contribution in [1.29, 1.82) is 0 Å². The van der Waals surface area contributed by atoms with Crippen molar-refractivity contribution in [3.05, 3.63) is 57.6 Å². The highest BCUT2D eigenvalue weighted by Crippen LogP contribution is 2.20. The topological polar surface area (TPSA) is 65.2 Å². The molecule has 2 aromatic rings. The Morgan fingerprint density at radius 2 is 1.18 bits per heavy atom. The van der Waals surface area contributed by atoms with Crippen molar-refractivity contribution < 1.29 is 10.2 Å². The number of phenolic OH excluding ortho intramolecular Hbond substituents is 2. The van der Waals surface area contributed by atoms with Gasteiger partial charge in [0.2, 0.25) is 0 Å². The normalized spacial score (nSPS) is 11.5. The van der Waals surface area contributed by atoms with Gasteiger partial charge in [0.15, 0.2) is 0 Å². The van der Waals surface area contributed by atoms with Gasteiger partial charge in [0.05, 0.1) is 13.1 Å². The van der Waals surface area contributed by atoms with Crippen LogP contribution in [0.1, 0.15) is 11.1 Å². The molecule has 4 nitrogen and oxygen atoms in total. The Hall–Kier alpha value is -2.04. The van der Waals surface area contributed by atoms with Crippen molar-refractivity contribution in [2.45, 2.75) is 0 Å². The molecule has 0 aliphatic rings. The average molecular weight is 337 g/mol. The van der Waals surface area contributed by atoms with Crippen LogP contribution in [-0.2, 0) is 0 Å². The van der Waals surface area contributed by atoms with Crippen molar-refractivity contribution in [1.82, 2.24) is 0 Å². The summed E-state index contributed by atoms with van der Waals surface area (Å²) in [4.78, 5) is 8.34. The molecule has 0 fully saturated rings. The van der Waals surface area contributed by atoms with Crippen LogP contribution in [0.15, 0.2) is 46.4 Å². The molecule has 114 valence electrons.